The predicted molar refractivity (Wildman–Crippen MR) is 96.1 cm³/mol. The molecule has 0 aliphatic rings. The van der Waals surface area contributed by atoms with Gasteiger partial charge in [0.1, 0.15) is 5.75 Å². The Morgan fingerprint density at radius 2 is 1.96 bits per heavy atom. The van der Waals surface area contributed by atoms with Crippen LogP contribution in [0, 0.1) is 12.3 Å². The van der Waals surface area contributed by atoms with E-state index in [1.54, 1.807) is 0 Å². The van der Waals surface area contributed by atoms with Gasteiger partial charge in [-0.3, -0.25) is 4.79 Å². The monoisotopic (exact) mass is 320 g/mol. The Morgan fingerprint density at radius 1 is 1.30 bits per heavy atom. The minimum Gasteiger partial charge on any atom is -0.484 e. The van der Waals surface area contributed by atoms with Crippen LogP contribution in [-0.4, -0.2) is 44.6 Å². The van der Waals surface area contributed by atoms with E-state index in [0.717, 1.165) is 12.3 Å². The molecule has 0 spiro atoms. The fourth-order valence-electron chi connectivity index (χ4n) is 2.84. The lowest BCUT2D eigenvalue weighted by molar-refractivity contribution is -0.123. The van der Waals surface area contributed by atoms with E-state index in [1.165, 1.54) is 11.1 Å². The van der Waals surface area contributed by atoms with E-state index in [4.69, 9.17) is 4.74 Å². The Labute approximate surface area is 141 Å². The van der Waals surface area contributed by atoms with Crippen molar-refractivity contribution in [1.82, 2.24) is 10.2 Å². The summed E-state index contributed by atoms with van der Waals surface area (Å²) in [5.41, 5.74) is 2.55. The molecule has 0 atom stereocenters. The first-order valence-corrected chi connectivity index (χ1v) is 8.25. The summed E-state index contributed by atoms with van der Waals surface area (Å²) in [6, 6.07) is 6.01. The normalized spacial score (nSPS) is 11.9. The van der Waals surface area contributed by atoms with Gasteiger partial charge in [0.05, 0.1) is 0 Å². The van der Waals surface area contributed by atoms with Gasteiger partial charge in [-0.25, -0.2) is 0 Å². The Hall–Kier alpha value is -1.55. The molecule has 4 nitrogen and oxygen atoms in total. The topological polar surface area (TPSA) is 41.6 Å². The number of rotatable bonds is 8. The molecule has 1 rings (SSSR count). The second kappa shape index (κ2) is 8.34. The highest BCUT2D eigenvalue weighted by atomic mass is 16.5. The van der Waals surface area contributed by atoms with E-state index in [0.29, 0.717) is 12.5 Å². The summed E-state index contributed by atoms with van der Waals surface area (Å²) in [5.74, 6) is 1.16. The van der Waals surface area contributed by atoms with Crippen molar-refractivity contribution in [1.29, 1.82) is 0 Å². The zero-order valence-corrected chi connectivity index (χ0v) is 15.7. The number of hydrogen-bond acceptors (Lipinski definition) is 3. The number of nitrogens with one attached hydrogen (secondary N) is 1. The molecule has 4 heteroatoms. The van der Waals surface area contributed by atoms with E-state index in [-0.39, 0.29) is 17.9 Å². The SMILES string of the molecule is Cc1cc(OCC(=O)NCC(C)(C)CN(C)C)ccc1C(C)C. The van der Waals surface area contributed by atoms with Crippen LogP contribution in [0.4, 0.5) is 0 Å². The summed E-state index contributed by atoms with van der Waals surface area (Å²) in [6.07, 6.45) is 0. The Kier molecular flexibility index (Phi) is 7.07. The smallest absolute Gasteiger partial charge is 0.257 e. The minimum absolute atomic E-state index is 0.0364. The molecule has 0 fully saturated rings. The van der Waals surface area contributed by atoms with Gasteiger partial charge in [0.15, 0.2) is 6.61 Å². The van der Waals surface area contributed by atoms with Crippen LogP contribution in [0.15, 0.2) is 18.2 Å². The standard InChI is InChI=1S/C19H32N2O2/c1-14(2)17-9-8-16(10-15(17)3)23-11-18(22)20-12-19(4,5)13-21(6)7/h8-10,14H,11-13H2,1-7H3,(H,20,22). The van der Waals surface area contributed by atoms with E-state index in [1.807, 2.05) is 26.2 Å². The van der Waals surface area contributed by atoms with Gasteiger partial charge in [-0.05, 0) is 55.6 Å². The first kappa shape index (κ1) is 19.5. The first-order valence-electron chi connectivity index (χ1n) is 8.25. The summed E-state index contributed by atoms with van der Waals surface area (Å²) in [6.45, 7) is 12.3. The number of benzene rings is 1. The van der Waals surface area contributed by atoms with Crippen molar-refractivity contribution in [2.75, 3.05) is 33.8 Å². The van der Waals surface area contributed by atoms with Crippen LogP contribution in [0.2, 0.25) is 0 Å². The summed E-state index contributed by atoms with van der Waals surface area (Å²) in [7, 11) is 4.08. The number of ether oxygens (including phenoxy) is 1. The average molecular weight is 320 g/mol. The molecule has 0 aromatic heterocycles. The first-order chi connectivity index (χ1) is 10.6. The summed E-state index contributed by atoms with van der Waals surface area (Å²) in [4.78, 5) is 14.1. The van der Waals surface area contributed by atoms with Gasteiger partial charge in [-0.15, -0.1) is 0 Å². The number of nitrogens with zero attached hydrogens (tertiary/aromatic N) is 1. The van der Waals surface area contributed by atoms with Crippen LogP contribution in [0.5, 0.6) is 5.75 Å². The second-order valence-electron chi connectivity index (χ2n) is 7.64. The van der Waals surface area contributed by atoms with Crippen molar-refractivity contribution in [3.63, 3.8) is 0 Å². The van der Waals surface area contributed by atoms with Crippen LogP contribution >= 0.6 is 0 Å². The van der Waals surface area contributed by atoms with Crippen LogP contribution in [-0.2, 0) is 4.79 Å². The van der Waals surface area contributed by atoms with E-state index < -0.39 is 0 Å². The van der Waals surface area contributed by atoms with Crippen molar-refractivity contribution in [3.8, 4) is 5.75 Å². The maximum atomic E-state index is 12.0. The molecular weight excluding hydrogens is 288 g/mol. The predicted octanol–water partition coefficient (Wildman–Crippen LogP) is 3.20. The van der Waals surface area contributed by atoms with Crippen molar-refractivity contribution >= 4 is 5.91 Å². The molecule has 0 bridgehead atoms. The second-order valence-corrected chi connectivity index (χ2v) is 7.64. The molecule has 23 heavy (non-hydrogen) atoms. The van der Waals surface area contributed by atoms with Gasteiger partial charge in [0.2, 0.25) is 0 Å². The maximum absolute atomic E-state index is 12.0. The van der Waals surface area contributed by atoms with Crippen LogP contribution < -0.4 is 10.1 Å². The molecular formula is C19H32N2O2. The lowest BCUT2D eigenvalue weighted by Gasteiger charge is -2.28. The van der Waals surface area contributed by atoms with Crippen molar-refractivity contribution in [2.24, 2.45) is 5.41 Å². The van der Waals surface area contributed by atoms with E-state index in [9.17, 15) is 4.79 Å². The number of carbonyl (C=O) groups is 1. The lowest BCUT2D eigenvalue weighted by atomic mass is 9.93. The number of amides is 1. The number of aryl methyl sites for hydroxylation is 1. The van der Waals surface area contributed by atoms with Gasteiger partial charge < -0.3 is 15.0 Å². The Bertz CT molecular complexity index is 522. The largest absolute Gasteiger partial charge is 0.484 e. The average Bonchev–Trinajstić information content (AvgIpc) is 2.41. The maximum Gasteiger partial charge on any atom is 0.257 e. The highest BCUT2D eigenvalue weighted by Crippen LogP contribution is 2.23. The molecule has 1 N–H and O–H groups in total. The number of carbonyl (C=O) groups excluding carboxylic acids is 1. The molecule has 0 saturated heterocycles. The molecule has 1 aromatic rings. The molecule has 0 heterocycles. The quantitative estimate of drug-likeness (QED) is 0.800. The number of hydrogen-bond donors (Lipinski definition) is 1. The third kappa shape index (κ3) is 7.04. The van der Waals surface area contributed by atoms with Gasteiger partial charge in [0, 0.05) is 13.1 Å². The van der Waals surface area contributed by atoms with Crippen molar-refractivity contribution in [3.05, 3.63) is 29.3 Å². The summed E-state index contributed by atoms with van der Waals surface area (Å²) >= 11 is 0. The lowest BCUT2D eigenvalue weighted by Crippen LogP contribution is -2.41. The molecule has 0 unspecified atom stereocenters. The molecule has 1 aromatic carbocycles. The van der Waals surface area contributed by atoms with Crippen LogP contribution in [0.3, 0.4) is 0 Å². The van der Waals surface area contributed by atoms with Gasteiger partial charge in [0.25, 0.3) is 5.91 Å². The van der Waals surface area contributed by atoms with Crippen molar-refractivity contribution < 1.29 is 9.53 Å². The minimum atomic E-state index is -0.0811. The molecule has 0 radical (unpaired) electrons. The molecule has 130 valence electrons. The van der Waals surface area contributed by atoms with E-state index >= 15 is 0 Å². The third-order valence-corrected chi connectivity index (χ3v) is 3.74. The van der Waals surface area contributed by atoms with E-state index in [2.05, 4.69) is 50.9 Å². The zero-order valence-electron chi connectivity index (χ0n) is 15.7. The summed E-state index contributed by atoms with van der Waals surface area (Å²) in [5, 5.41) is 2.95. The van der Waals surface area contributed by atoms with Crippen molar-refractivity contribution in [2.45, 2.75) is 40.5 Å². The fraction of sp³-hybridized carbons (Fsp3) is 0.632. The van der Waals surface area contributed by atoms with Gasteiger partial charge in [-0.2, -0.15) is 0 Å². The molecule has 1 amide bonds. The van der Waals surface area contributed by atoms with Crippen LogP contribution in [0.1, 0.15) is 44.7 Å². The fourth-order valence-corrected chi connectivity index (χ4v) is 2.84. The third-order valence-electron chi connectivity index (χ3n) is 3.74. The van der Waals surface area contributed by atoms with Gasteiger partial charge >= 0.3 is 0 Å². The Balaban J connectivity index is 2.46. The highest BCUT2D eigenvalue weighted by molar-refractivity contribution is 5.77. The highest BCUT2D eigenvalue weighted by Gasteiger charge is 2.19. The zero-order chi connectivity index (χ0) is 17.6. The van der Waals surface area contributed by atoms with Crippen LogP contribution in [0.25, 0.3) is 0 Å². The van der Waals surface area contributed by atoms with Gasteiger partial charge in [-0.1, -0.05) is 33.8 Å². The summed E-state index contributed by atoms with van der Waals surface area (Å²) < 4.78 is 5.61. The molecule has 0 aliphatic carbocycles. The molecule has 0 saturated carbocycles. The Morgan fingerprint density at radius 3 is 2.48 bits per heavy atom. The molecule has 0 aliphatic heterocycles.